The normalized spacial score (nSPS) is 25.7. The highest BCUT2D eigenvalue weighted by Gasteiger charge is 2.48. The molecule has 4 heterocycles. The SMILES string of the molecule is O=C(N1CC[C@@H](Cn2ccc(-c3ccccc3)cc2=O)C2(CCCC2)C1)N1CC[C@@H](NC2(CF)COC2)C[C@H]1c1ccccc1. The predicted octanol–water partition coefficient (Wildman–Crippen LogP) is 6.05. The molecule has 4 fully saturated rings. The average Bonchev–Trinajstić information content (AvgIpc) is 3.53. The first-order valence-corrected chi connectivity index (χ1v) is 16.8. The van der Waals surface area contributed by atoms with Gasteiger partial charge in [0.05, 0.1) is 24.8 Å². The average molecular weight is 613 g/mol. The maximum atomic E-state index is 14.4. The number of carbonyl (C=O) groups excluding carboxylic acids is 1. The van der Waals surface area contributed by atoms with Crippen molar-refractivity contribution in [3.63, 3.8) is 0 Å². The van der Waals surface area contributed by atoms with E-state index < -0.39 is 12.2 Å². The summed E-state index contributed by atoms with van der Waals surface area (Å²) in [6.07, 6.45) is 8.93. The Balaban J connectivity index is 1.07. The number of rotatable bonds is 7. The molecule has 3 aliphatic heterocycles. The highest BCUT2D eigenvalue weighted by molar-refractivity contribution is 5.75. The highest BCUT2D eigenvalue weighted by Crippen LogP contribution is 2.49. The van der Waals surface area contributed by atoms with Crippen LogP contribution in [0.25, 0.3) is 11.1 Å². The Morgan fingerprint density at radius 3 is 2.33 bits per heavy atom. The van der Waals surface area contributed by atoms with Crippen LogP contribution in [0.3, 0.4) is 0 Å². The van der Waals surface area contributed by atoms with E-state index in [2.05, 4.69) is 27.2 Å². The zero-order valence-electron chi connectivity index (χ0n) is 26.1. The fourth-order valence-corrected chi connectivity index (χ4v) is 8.48. The molecule has 0 radical (unpaired) electrons. The van der Waals surface area contributed by atoms with Gasteiger partial charge < -0.3 is 24.4 Å². The molecule has 2 aromatic carbocycles. The Kier molecular flexibility index (Phi) is 8.53. The number of likely N-dealkylation sites (tertiary alicyclic amines) is 2. The molecule has 1 spiro atoms. The Hall–Kier alpha value is -3.49. The van der Waals surface area contributed by atoms with Gasteiger partial charge in [-0.15, -0.1) is 0 Å². The van der Waals surface area contributed by atoms with E-state index >= 15 is 0 Å². The van der Waals surface area contributed by atoms with Crippen molar-refractivity contribution in [1.29, 1.82) is 0 Å². The van der Waals surface area contributed by atoms with Gasteiger partial charge in [0.1, 0.15) is 6.67 Å². The summed E-state index contributed by atoms with van der Waals surface area (Å²) in [5, 5.41) is 3.56. The van der Waals surface area contributed by atoms with Gasteiger partial charge in [0.15, 0.2) is 0 Å². The Morgan fingerprint density at radius 1 is 0.933 bits per heavy atom. The van der Waals surface area contributed by atoms with E-state index in [4.69, 9.17) is 4.74 Å². The van der Waals surface area contributed by atoms with Gasteiger partial charge in [-0.2, -0.15) is 0 Å². The molecule has 0 unspecified atom stereocenters. The third-order valence-corrected chi connectivity index (χ3v) is 11.1. The van der Waals surface area contributed by atoms with E-state index in [-0.39, 0.29) is 29.1 Å². The number of hydrogen-bond acceptors (Lipinski definition) is 4. The van der Waals surface area contributed by atoms with Crippen molar-refractivity contribution in [3.8, 4) is 11.1 Å². The van der Waals surface area contributed by atoms with Crippen LogP contribution in [0.4, 0.5) is 9.18 Å². The minimum atomic E-state index is -0.585. The number of amides is 2. The maximum absolute atomic E-state index is 14.4. The quantitative estimate of drug-likeness (QED) is 0.353. The molecule has 3 atom stereocenters. The number of benzene rings is 2. The summed E-state index contributed by atoms with van der Waals surface area (Å²) in [7, 11) is 0. The first-order valence-electron chi connectivity index (χ1n) is 16.8. The van der Waals surface area contributed by atoms with Crippen molar-refractivity contribution >= 4 is 6.03 Å². The summed E-state index contributed by atoms with van der Waals surface area (Å²) in [4.78, 5) is 31.8. The molecule has 8 heteroatoms. The zero-order chi connectivity index (χ0) is 30.9. The molecule has 1 saturated carbocycles. The number of halogens is 1. The first-order chi connectivity index (χ1) is 22.0. The largest absolute Gasteiger partial charge is 0.377 e. The lowest BCUT2D eigenvalue weighted by Crippen LogP contribution is -2.66. The third-order valence-electron chi connectivity index (χ3n) is 11.1. The van der Waals surface area contributed by atoms with E-state index in [0.717, 1.165) is 55.3 Å². The second-order valence-electron chi connectivity index (χ2n) is 13.9. The van der Waals surface area contributed by atoms with Crippen LogP contribution in [-0.4, -0.2) is 71.5 Å². The van der Waals surface area contributed by atoms with Gasteiger partial charge in [-0.3, -0.25) is 4.79 Å². The van der Waals surface area contributed by atoms with Crippen LogP contribution in [0.2, 0.25) is 0 Å². The number of piperidine rings is 2. The van der Waals surface area contributed by atoms with Gasteiger partial charge >= 0.3 is 6.03 Å². The van der Waals surface area contributed by atoms with Crippen molar-refractivity contribution in [2.24, 2.45) is 11.3 Å². The van der Waals surface area contributed by atoms with Gasteiger partial charge in [0.2, 0.25) is 0 Å². The smallest absolute Gasteiger partial charge is 0.320 e. The van der Waals surface area contributed by atoms with E-state index in [1.54, 1.807) is 6.07 Å². The molecular weight excluding hydrogens is 567 g/mol. The van der Waals surface area contributed by atoms with Gasteiger partial charge in [0, 0.05) is 44.5 Å². The van der Waals surface area contributed by atoms with Crippen LogP contribution in [0.5, 0.6) is 0 Å². The lowest BCUT2D eigenvalue weighted by Gasteiger charge is -2.50. The van der Waals surface area contributed by atoms with Gasteiger partial charge in [-0.1, -0.05) is 73.5 Å². The molecule has 1 N–H and O–H groups in total. The summed E-state index contributed by atoms with van der Waals surface area (Å²) in [5.41, 5.74) is 2.60. The van der Waals surface area contributed by atoms with Crippen molar-refractivity contribution < 1.29 is 13.9 Å². The monoisotopic (exact) mass is 612 g/mol. The Morgan fingerprint density at radius 2 is 1.67 bits per heavy atom. The van der Waals surface area contributed by atoms with Crippen molar-refractivity contribution in [2.45, 2.75) is 69.1 Å². The fourth-order valence-electron chi connectivity index (χ4n) is 8.48. The van der Waals surface area contributed by atoms with Crippen LogP contribution < -0.4 is 10.9 Å². The summed E-state index contributed by atoms with van der Waals surface area (Å²) in [6, 6.07) is 24.3. The number of ether oxygens (including phenoxy) is 1. The van der Waals surface area contributed by atoms with E-state index in [1.807, 2.05) is 65.4 Å². The van der Waals surface area contributed by atoms with Crippen LogP contribution in [0.1, 0.15) is 56.6 Å². The first kappa shape index (κ1) is 30.2. The van der Waals surface area contributed by atoms with Gasteiger partial charge in [0.25, 0.3) is 5.56 Å². The third kappa shape index (κ3) is 6.07. The van der Waals surface area contributed by atoms with Crippen molar-refractivity contribution in [3.05, 3.63) is 94.9 Å². The summed E-state index contributed by atoms with van der Waals surface area (Å²) in [6.45, 7) is 3.13. The lowest BCUT2D eigenvalue weighted by atomic mass is 9.69. The number of alkyl halides is 1. The predicted molar refractivity (Wildman–Crippen MR) is 174 cm³/mol. The second-order valence-corrected chi connectivity index (χ2v) is 13.9. The molecule has 45 heavy (non-hydrogen) atoms. The molecule has 7 nitrogen and oxygen atoms in total. The van der Waals surface area contributed by atoms with Crippen molar-refractivity contribution in [2.75, 3.05) is 39.5 Å². The summed E-state index contributed by atoms with van der Waals surface area (Å²) >= 11 is 0. The van der Waals surface area contributed by atoms with Crippen molar-refractivity contribution in [1.82, 2.24) is 19.7 Å². The van der Waals surface area contributed by atoms with Crippen LogP contribution >= 0.6 is 0 Å². The standard InChI is InChI=1S/C37H45FN4O3/c38-24-37(26-45-27-37)39-32-15-20-42(33(22-32)29-11-5-2-6-12-29)35(44)41-19-14-31(36(25-41)16-7-8-17-36)23-40-18-13-30(21-34(40)43)28-9-3-1-4-10-28/h1-6,9-13,18,21,31-33,39H,7-8,14-17,19-20,22-27H2/t31-,32+,33-/m0/s1. The number of carbonyl (C=O) groups is 1. The Bertz CT molecular complexity index is 1510. The molecule has 1 aromatic heterocycles. The Labute approximate surface area is 265 Å². The number of pyridine rings is 1. The van der Waals surface area contributed by atoms with Gasteiger partial charge in [-0.25, -0.2) is 9.18 Å². The van der Waals surface area contributed by atoms with Crippen LogP contribution in [0.15, 0.2) is 83.8 Å². The molecule has 2 amide bonds. The lowest BCUT2D eigenvalue weighted by molar-refractivity contribution is -0.0930. The van der Waals surface area contributed by atoms with E-state index in [0.29, 0.717) is 38.8 Å². The number of aromatic nitrogens is 1. The summed E-state index contributed by atoms with van der Waals surface area (Å²) < 4.78 is 21.1. The highest BCUT2D eigenvalue weighted by atomic mass is 19.1. The molecular formula is C37H45FN4O3. The second kappa shape index (κ2) is 12.7. The molecule has 4 aliphatic rings. The number of urea groups is 1. The number of nitrogens with one attached hydrogen (secondary N) is 1. The van der Waals surface area contributed by atoms with Crippen LogP contribution in [-0.2, 0) is 11.3 Å². The van der Waals surface area contributed by atoms with Gasteiger partial charge in [-0.05, 0) is 66.2 Å². The molecule has 1 aliphatic carbocycles. The summed E-state index contributed by atoms with van der Waals surface area (Å²) in [5.74, 6) is 0.353. The molecule has 0 bridgehead atoms. The van der Waals surface area contributed by atoms with E-state index in [1.165, 1.54) is 12.8 Å². The van der Waals surface area contributed by atoms with Crippen LogP contribution in [0, 0.1) is 11.3 Å². The molecule has 3 aromatic rings. The fraction of sp³-hybridized carbons (Fsp3) is 0.514. The molecule has 3 saturated heterocycles. The molecule has 7 rings (SSSR count). The topological polar surface area (TPSA) is 66.8 Å². The number of hydrogen-bond donors (Lipinski definition) is 1. The zero-order valence-corrected chi connectivity index (χ0v) is 26.1. The maximum Gasteiger partial charge on any atom is 0.320 e. The number of nitrogens with zero attached hydrogens (tertiary/aromatic N) is 3. The minimum absolute atomic E-state index is 0.0330. The van der Waals surface area contributed by atoms with E-state index in [9.17, 15) is 14.0 Å². The molecule has 238 valence electrons. The minimum Gasteiger partial charge on any atom is -0.377 e.